The lowest BCUT2D eigenvalue weighted by atomic mass is 10.2. The van der Waals surface area contributed by atoms with Crippen LogP contribution >= 0.6 is 0 Å². The molecule has 1 aliphatic heterocycles. The Bertz CT molecular complexity index is 394. The molecular weight excluding hydrogens is 208 g/mol. The normalized spacial score (nSPS) is 28.6. The Balaban J connectivity index is 2.99. The van der Waals surface area contributed by atoms with Crippen LogP contribution in [0.4, 0.5) is 0 Å². The van der Waals surface area contributed by atoms with Crippen molar-refractivity contribution in [1.82, 2.24) is 15.4 Å². The molecule has 1 amide bonds. The van der Waals surface area contributed by atoms with Crippen LogP contribution in [0.1, 0.15) is 13.8 Å². The first kappa shape index (κ1) is 10.7. The maximum atomic E-state index is 11.5. The summed E-state index contributed by atoms with van der Waals surface area (Å²) in [7, 11) is -3.76. The second-order valence-corrected chi connectivity index (χ2v) is 5.56. The van der Waals surface area contributed by atoms with E-state index in [1.807, 2.05) is 0 Å². The molecule has 1 fully saturated rings. The molecule has 0 radical (unpaired) electrons. The van der Waals surface area contributed by atoms with E-state index in [1.165, 1.54) is 20.0 Å². The van der Waals surface area contributed by atoms with Gasteiger partial charge in [-0.05, 0) is 13.8 Å². The largest absolute Gasteiger partial charge is 0.321 e. The Morgan fingerprint density at radius 2 is 2.14 bits per heavy atom. The molecule has 0 aliphatic carbocycles. The summed E-state index contributed by atoms with van der Waals surface area (Å²) >= 11 is 0. The number of rotatable bonds is 1. The molecule has 1 heterocycles. The van der Waals surface area contributed by atoms with E-state index in [2.05, 4.69) is 15.4 Å². The third-order valence-electron chi connectivity index (χ3n) is 1.98. The first-order chi connectivity index (χ1) is 6.31. The summed E-state index contributed by atoms with van der Waals surface area (Å²) in [6.07, 6.45) is 0.467. The highest BCUT2D eigenvalue weighted by Gasteiger charge is 2.47. The van der Waals surface area contributed by atoms with Gasteiger partial charge in [-0.1, -0.05) is 0 Å². The van der Waals surface area contributed by atoms with E-state index in [0.717, 1.165) is 0 Å². The van der Waals surface area contributed by atoms with Gasteiger partial charge in [0.05, 0.1) is 0 Å². The number of nitriles is 1. The summed E-state index contributed by atoms with van der Waals surface area (Å²) in [6.45, 7) is 2.57. The Labute approximate surface area is 81.5 Å². The van der Waals surface area contributed by atoms with Crippen molar-refractivity contribution in [1.29, 1.82) is 5.26 Å². The molecular formula is C6H10N4O3S. The minimum absolute atomic E-state index is 0.649. The van der Waals surface area contributed by atoms with Crippen LogP contribution in [-0.4, -0.2) is 25.4 Å². The highest BCUT2D eigenvalue weighted by Crippen LogP contribution is 2.18. The standard InChI is InChI=1S/C6H10N4O3S/c1-6(2)4(11)9-5(8-3-7)10-14(6,12)13/h5,8,10H,1-2H3,(H,9,11). The smallest absolute Gasteiger partial charge is 0.244 e. The van der Waals surface area contributed by atoms with Gasteiger partial charge in [0.2, 0.25) is 15.9 Å². The average Bonchev–Trinajstić information content (AvgIpc) is 2.01. The quantitative estimate of drug-likeness (QED) is 0.354. The summed E-state index contributed by atoms with van der Waals surface area (Å²) in [6, 6.07) is 0. The molecule has 0 aromatic carbocycles. The van der Waals surface area contributed by atoms with E-state index in [0.29, 0.717) is 0 Å². The topological polar surface area (TPSA) is 111 Å². The molecule has 3 N–H and O–H groups in total. The van der Waals surface area contributed by atoms with E-state index in [-0.39, 0.29) is 0 Å². The number of carbonyl (C=O) groups is 1. The first-order valence-corrected chi connectivity index (χ1v) is 5.27. The highest BCUT2D eigenvalue weighted by atomic mass is 32.2. The molecule has 8 heteroatoms. The lowest BCUT2D eigenvalue weighted by Gasteiger charge is -2.33. The summed E-state index contributed by atoms with van der Waals surface area (Å²) < 4.78 is 23.5. The molecule has 1 atom stereocenters. The Morgan fingerprint density at radius 3 is 2.57 bits per heavy atom. The summed E-state index contributed by atoms with van der Waals surface area (Å²) in [5, 5.41) is 12.6. The second kappa shape index (κ2) is 3.11. The number of hydrogen-bond acceptors (Lipinski definition) is 5. The van der Waals surface area contributed by atoms with Crippen molar-refractivity contribution >= 4 is 15.9 Å². The number of nitrogens with zero attached hydrogens (tertiary/aromatic N) is 1. The lowest BCUT2D eigenvalue weighted by Crippen LogP contribution is -2.69. The summed E-state index contributed by atoms with van der Waals surface area (Å²) in [5.41, 5.74) is 0. The fourth-order valence-corrected chi connectivity index (χ4v) is 1.91. The number of sulfonamides is 1. The summed E-state index contributed by atoms with van der Waals surface area (Å²) in [4.78, 5) is 11.3. The van der Waals surface area contributed by atoms with Gasteiger partial charge in [-0.3, -0.25) is 10.1 Å². The van der Waals surface area contributed by atoms with E-state index in [9.17, 15) is 13.2 Å². The van der Waals surface area contributed by atoms with Crippen molar-refractivity contribution in [3.8, 4) is 6.19 Å². The van der Waals surface area contributed by atoms with Crippen LogP contribution in [-0.2, 0) is 14.8 Å². The third kappa shape index (κ3) is 1.51. The maximum Gasteiger partial charge on any atom is 0.244 e. The SMILES string of the molecule is CC1(C)C(=O)NC(NC#N)NS1(=O)=O. The number of amides is 1. The van der Waals surface area contributed by atoms with E-state index in [4.69, 9.17) is 5.26 Å². The van der Waals surface area contributed by atoms with E-state index < -0.39 is 27.0 Å². The Hall–Kier alpha value is -1.33. The number of hydrogen-bond donors (Lipinski definition) is 3. The zero-order chi connectivity index (χ0) is 11.0. The van der Waals surface area contributed by atoms with Gasteiger partial charge in [0.25, 0.3) is 0 Å². The van der Waals surface area contributed by atoms with Gasteiger partial charge in [0.15, 0.2) is 17.2 Å². The van der Waals surface area contributed by atoms with E-state index >= 15 is 0 Å². The van der Waals surface area contributed by atoms with Gasteiger partial charge >= 0.3 is 0 Å². The molecule has 14 heavy (non-hydrogen) atoms. The molecule has 1 rings (SSSR count). The van der Waals surface area contributed by atoms with Crippen molar-refractivity contribution in [2.45, 2.75) is 24.9 Å². The van der Waals surface area contributed by atoms with Gasteiger partial charge in [-0.2, -0.15) is 9.98 Å². The Morgan fingerprint density at radius 1 is 1.57 bits per heavy atom. The monoisotopic (exact) mass is 218 g/mol. The zero-order valence-electron chi connectivity index (χ0n) is 7.66. The fraction of sp³-hybridized carbons (Fsp3) is 0.667. The van der Waals surface area contributed by atoms with Crippen molar-refractivity contribution in [3.63, 3.8) is 0 Å². The fourth-order valence-electron chi connectivity index (χ4n) is 0.889. The van der Waals surface area contributed by atoms with Crippen LogP contribution in [0.3, 0.4) is 0 Å². The number of nitrogens with one attached hydrogen (secondary N) is 3. The van der Waals surface area contributed by atoms with Crippen LogP contribution in [0.25, 0.3) is 0 Å². The van der Waals surface area contributed by atoms with E-state index in [1.54, 1.807) is 0 Å². The zero-order valence-corrected chi connectivity index (χ0v) is 8.47. The number of carbonyl (C=O) groups excluding carboxylic acids is 1. The predicted octanol–water partition coefficient (Wildman–Crippen LogP) is -1.83. The van der Waals surface area contributed by atoms with Crippen molar-refractivity contribution in [2.24, 2.45) is 0 Å². The van der Waals surface area contributed by atoms with Crippen LogP contribution in [0.5, 0.6) is 0 Å². The molecule has 0 saturated carbocycles. The van der Waals surface area contributed by atoms with Crippen molar-refractivity contribution in [3.05, 3.63) is 0 Å². The van der Waals surface area contributed by atoms with Gasteiger partial charge < -0.3 is 5.32 Å². The molecule has 0 aromatic heterocycles. The predicted molar refractivity (Wildman–Crippen MR) is 46.8 cm³/mol. The first-order valence-electron chi connectivity index (χ1n) is 3.79. The highest BCUT2D eigenvalue weighted by molar-refractivity contribution is 7.91. The molecule has 0 bridgehead atoms. The van der Waals surface area contributed by atoms with Crippen LogP contribution < -0.4 is 15.4 Å². The molecule has 1 unspecified atom stereocenters. The molecule has 1 saturated heterocycles. The van der Waals surface area contributed by atoms with Crippen molar-refractivity contribution < 1.29 is 13.2 Å². The Kier molecular flexibility index (Phi) is 2.39. The molecule has 7 nitrogen and oxygen atoms in total. The minimum Gasteiger partial charge on any atom is -0.321 e. The van der Waals surface area contributed by atoms with Crippen LogP contribution in [0.15, 0.2) is 0 Å². The van der Waals surface area contributed by atoms with Gasteiger partial charge in [0.1, 0.15) is 0 Å². The van der Waals surface area contributed by atoms with Gasteiger partial charge in [-0.25, -0.2) is 8.42 Å². The minimum atomic E-state index is -3.76. The molecule has 0 aromatic rings. The molecule has 0 spiro atoms. The van der Waals surface area contributed by atoms with Crippen LogP contribution in [0, 0.1) is 11.5 Å². The third-order valence-corrected chi connectivity index (χ3v) is 4.05. The maximum absolute atomic E-state index is 11.5. The molecule has 1 aliphatic rings. The summed E-state index contributed by atoms with van der Waals surface area (Å²) in [5.74, 6) is -0.649. The average molecular weight is 218 g/mol. The molecule has 78 valence electrons. The van der Waals surface area contributed by atoms with Gasteiger partial charge in [0, 0.05) is 0 Å². The lowest BCUT2D eigenvalue weighted by molar-refractivity contribution is -0.124. The second-order valence-electron chi connectivity index (χ2n) is 3.29. The van der Waals surface area contributed by atoms with Crippen LogP contribution in [0.2, 0.25) is 0 Å². The van der Waals surface area contributed by atoms with Gasteiger partial charge in [-0.15, -0.1) is 0 Å². The van der Waals surface area contributed by atoms with Crippen molar-refractivity contribution in [2.75, 3.05) is 0 Å².